The van der Waals surface area contributed by atoms with E-state index in [0.717, 1.165) is 23.4 Å². The van der Waals surface area contributed by atoms with Gasteiger partial charge in [-0.2, -0.15) is 4.68 Å². The Kier molecular flexibility index (Phi) is 4.33. The summed E-state index contributed by atoms with van der Waals surface area (Å²) >= 11 is 1.72. The van der Waals surface area contributed by atoms with E-state index in [1.165, 1.54) is 15.7 Å². The van der Waals surface area contributed by atoms with Gasteiger partial charge in [0.2, 0.25) is 12.2 Å². The highest BCUT2D eigenvalue weighted by Gasteiger charge is 2.27. The molecule has 3 heterocycles. The molecular weight excluding hydrogens is 356 g/mol. The molecule has 3 aromatic rings. The zero-order valence-corrected chi connectivity index (χ0v) is 14.6. The van der Waals surface area contributed by atoms with E-state index in [1.807, 2.05) is 18.2 Å². The molecule has 0 radical (unpaired) electrons. The van der Waals surface area contributed by atoms with Crippen molar-refractivity contribution in [2.75, 3.05) is 13.1 Å². The number of thiazole rings is 1. The fourth-order valence-electron chi connectivity index (χ4n) is 3.12. The number of benzene rings is 1. The first-order valence-electron chi connectivity index (χ1n) is 8.27. The summed E-state index contributed by atoms with van der Waals surface area (Å²) in [6.45, 7) is 1.26. The third-order valence-corrected chi connectivity index (χ3v) is 5.69. The Balaban J connectivity index is 1.36. The van der Waals surface area contributed by atoms with E-state index >= 15 is 0 Å². The number of carbonyl (C=O) groups is 1. The Hall–Kier alpha value is -2.88. The fourth-order valence-corrected chi connectivity index (χ4v) is 4.26. The quantitative estimate of drug-likeness (QED) is 0.513. The molecule has 10 heteroatoms. The van der Waals surface area contributed by atoms with Crippen molar-refractivity contribution >= 4 is 33.4 Å². The highest BCUT2D eigenvalue weighted by molar-refractivity contribution is 7.18. The number of aromatic nitrogens is 4. The molecule has 1 saturated heterocycles. The molecule has 0 saturated carbocycles. The monoisotopic (exact) mass is 372 g/mol. The van der Waals surface area contributed by atoms with Crippen LogP contribution in [-0.4, -0.2) is 48.6 Å². The summed E-state index contributed by atoms with van der Waals surface area (Å²) in [6, 6.07) is 8.10. The number of nitro groups is 1. The van der Waals surface area contributed by atoms with Crippen molar-refractivity contribution in [2.24, 2.45) is 0 Å². The number of likely N-dealkylation sites (tertiary alicyclic amines) is 1. The number of piperidine rings is 1. The van der Waals surface area contributed by atoms with Crippen LogP contribution in [0.3, 0.4) is 0 Å². The van der Waals surface area contributed by atoms with Gasteiger partial charge in [-0.3, -0.25) is 4.79 Å². The Bertz CT molecular complexity index is 927. The molecule has 2 aromatic heterocycles. The Labute approximate surface area is 152 Å². The summed E-state index contributed by atoms with van der Waals surface area (Å²) in [4.78, 5) is 32.4. The van der Waals surface area contributed by atoms with Crippen molar-refractivity contribution in [3.63, 3.8) is 0 Å². The maximum atomic E-state index is 12.4. The maximum Gasteiger partial charge on any atom is 0.490 e. The second-order valence-electron chi connectivity index (χ2n) is 6.17. The number of hydrogen-bond acceptors (Lipinski definition) is 7. The van der Waals surface area contributed by atoms with Gasteiger partial charge in [0.25, 0.3) is 0 Å². The lowest BCUT2D eigenvalue weighted by atomic mass is 9.97. The predicted octanol–water partition coefficient (Wildman–Crippen LogP) is 2.20. The first-order chi connectivity index (χ1) is 12.6. The summed E-state index contributed by atoms with van der Waals surface area (Å²) < 4.78 is 2.40. The van der Waals surface area contributed by atoms with Gasteiger partial charge in [0.05, 0.1) is 15.2 Å². The number of carbonyl (C=O) groups excluding carboxylic acids is 1. The summed E-state index contributed by atoms with van der Waals surface area (Å²) in [5, 5.41) is 15.4. The standard InChI is InChI=1S/C16H16N6O3S/c23-14(9-21-10-17-16(19-21)22(24)25)20-7-5-11(6-8-20)15-18-12-3-1-2-4-13(12)26-15/h1-4,10-11H,5-9H2. The molecule has 0 N–H and O–H groups in total. The molecule has 1 aliphatic rings. The lowest BCUT2D eigenvalue weighted by Crippen LogP contribution is -2.39. The van der Waals surface area contributed by atoms with Gasteiger partial charge in [0.15, 0.2) is 0 Å². The van der Waals surface area contributed by atoms with Crippen LogP contribution in [-0.2, 0) is 11.3 Å². The molecule has 9 nitrogen and oxygen atoms in total. The van der Waals surface area contributed by atoms with Crippen molar-refractivity contribution in [2.45, 2.75) is 25.3 Å². The number of amides is 1. The lowest BCUT2D eigenvalue weighted by molar-refractivity contribution is -0.394. The SMILES string of the molecule is O=C(Cn1cnc([N+](=O)[O-])n1)N1CCC(c2nc3ccccc3s2)CC1. The maximum absolute atomic E-state index is 12.4. The number of para-hydroxylation sites is 1. The molecule has 0 unspecified atom stereocenters. The number of hydrogen-bond donors (Lipinski definition) is 0. The van der Waals surface area contributed by atoms with Crippen molar-refractivity contribution < 1.29 is 9.72 Å². The van der Waals surface area contributed by atoms with Gasteiger partial charge in [0, 0.05) is 24.1 Å². The zero-order chi connectivity index (χ0) is 18.1. The third-order valence-electron chi connectivity index (χ3n) is 4.49. The van der Waals surface area contributed by atoms with Crippen LogP contribution in [0.25, 0.3) is 10.2 Å². The first kappa shape index (κ1) is 16.6. The lowest BCUT2D eigenvalue weighted by Gasteiger charge is -2.30. The summed E-state index contributed by atoms with van der Waals surface area (Å²) in [7, 11) is 0. The summed E-state index contributed by atoms with van der Waals surface area (Å²) in [5.41, 5.74) is 1.03. The third kappa shape index (κ3) is 3.27. The van der Waals surface area contributed by atoms with E-state index in [4.69, 9.17) is 4.98 Å². The van der Waals surface area contributed by atoms with Crippen molar-refractivity contribution in [1.82, 2.24) is 24.6 Å². The van der Waals surface area contributed by atoms with Crippen LogP contribution < -0.4 is 0 Å². The van der Waals surface area contributed by atoms with Crippen LogP contribution in [0.1, 0.15) is 23.8 Å². The van der Waals surface area contributed by atoms with Crippen LogP contribution in [0, 0.1) is 10.1 Å². The van der Waals surface area contributed by atoms with Crippen LogP contribution in [0.2, 0.25) is 0 Å². The highest BCUT2D eigenvalue weighted by atomic mass is 32.1. The average Bonchev–Trinajstić information content (AvgIpc) is 3.28. The normalized spacial score (nSPS) is 15.5. The minimum Gasteiger partial charge on any atom is -0.390 e. The van der Waals surface area contributed by atoms with Gasteiger partial charge < -0.3 is 15.0 Å². The van der Waals surface area contributed by atoms with Gasteiger partial charge >= 0.3 is 5.95 Å². The fraction of sp³-hybridized carbons (Fsp3) is 0.375. The van der Waals surface area contributed by atoms with Crippen LogP contribution in [0.15, 0.2) is 30.6 Å². The number of rotatable bonds is 4. The van der Waals surface area contributed by atoms with Gasteiger partial charge in [-0.25, -0.2) is 4.98 Å². The van der Waals surface area contributed by atoms with E-state index in [9.17, 15) is 14.9 Å². The average molecular weight is 372 g/mol. The molecule has 4 rings (SSSR count). The van der Waals surface area contributed by atoms with Crippen molar-refractivity contribution in [3.05, 3.63) is 45.7 Å². The van der Waals surface area contributed by atoms with E-state index in [-0.39, 0.29) is 12.5 Å². The topological polar surface area (TPSA) is 107 Å². The van der Waals surface area contributed by atoms with Crippen molar-refractivity contribution in [1.29, 1.82) is 0 Å². The minimum absolute atomic E-state index is 0.0351. The molecule has 1 amide bonds. The van der Waals surface area contributed by atoms with Crippen molar-refractivity contribution in [3.8, 4) is 0 Å². The van der Waals surface area contributed by atoms with Crippen LogP contribution >= 0.6 is 11.3 Å². The zero-order valence-electron chi connectivity index (χ0n) is 13.8. The minimum atomic E-state index is -0.676. The molecular formula is C16H16N6O3S. The Morgan fingerprint density at radius 3 is 2.77 bits per heavy atom. The van der Waals surface area contributed by atoms with E-state index in [0.29, 0.717) is 19.0 Å². The molecule has 1 aliphatic heterocycles. The summed E-state index contributed by atoms with van der Waals surface area (Å²) in [5.74, 6) is -0.233. The Morgan fingerprint density at radius 2 is 2.08 bits per heavy atom. The molecule has 134 valence electrons. The molecule has 26 heavy (non-hydrogen) atoms. The number of fused-ring (bicyclic) bond motifs is 1. The van der Waals surface area contributed by atoms with Gasteiger partial charge in [0.1, 0.15) is 6.54 Å². The molecule has 1 aromatic carbocycles. The smallest absolute Gasteiger partial charge is 0.390 e. The highest BCUT2D eigenvalue weighted by Crippen LogP contribution is 2.33. The Morgan fingerprint density at radius 1 is 1.31 bits per heavy atom. The van der Waals surface area contributed by atoms with E-state index < -0.39 is 10.9 Å². The van der Waals surface area contributed by atoms with Crippen LogP contribution in [0.4, 0.5) is 5.95 Å². The second kappa shape index (κ2) is 6.79. The molecule has 0 atom stereocenters. The second-order valence-corrected chi connectivity index (χ2v) is 7.24. The van der Waals surface area contributed by atoms with Gasteiger partial charge in [-0.05, 0) is 29.9 Å². The molecule has 0 aliphatic carbocycles. The molecule has 1 fully saturated rings. The molecule has 0 spiro atoms. The summed E-state index contributed by atoms with van der Waals surface area (Å²) in [6.07, 6.45) is 2.94. The number of nitrogens with zero attached hydrogens (tertiary/aromatic N) is 6. The van der Waals surface area contributed by atoms with Gasteiger partial charge in [-0.1, -0.05) is 17.1 Å². The van der Waals surface area contributed by atoms with Crippen LogP contribution in [0.5, 0.6) is 0 Å². The van der Waals surface area contributed by atoms with E-state index in [1.54, 1.807) is 16.2 Å². The van der Waals surface area contributed by atoms with E-state index in [2.05, 4.69) is 16.1 Å². The predicted molar refractivity (Wildman–Crippen MR) is 94.9 cm³/mol. The first-order valence-corrected chi connectivity index (χ1v) is 9.09. The largest absolute Gasteiger partial charge is 0.490 e. The molecule has 0 bridgehead atoms. The van der Waals surface area contributed by atoms with Gasteiger partial charge in [-0.15, -0.1) is 11.3 Å².